The maximum absolute atomic E-state index is 9.25. The van der Waals surface area contributed by atoms with Crippen molar-refractivity contribution in [1.29, 1.82) is 5.26 Å². The third kappa shape index (κ3) is 3.08. The van der Waals surface area contributed by atoms with Gasteiger partial charge in [-0.1, -0.05) is 42.5 Å². The molecule has 0 saturated heterocycles. The summed E-state index contributed by atoms with van der Waals surface area (Å²) < 4.78 is 2.07. The molecule has 3 rings (SSSR count). The molecule has 1 heterocycles. The monoisotopic (exact) mass is 287 g/mol. The number of para-hydroxylation sites is 1. The lowest BCUT2D eigenvalue weighted by Gasteiger charge is -2.11. The Morgan fingerprint density at radius 2 is 1.64 bits per heavy atom. The minimum atomic E-state index is 0.683. The van der Waals surface area contributed by atoms with Crippen LogP contribution in [0.1, 0.15) is 16.8 Å². The summed E-state index contributed by atoms with van der Waals surface area (Å²) in [5.74, 6) is 0. The van der Waals surface area contributed by atoms with Gasteiger partial charge in [0, 0.05) is 25.0 Å². The first-order chi connectivity index (χ1) is 10.9. The molecule has 0 radical (unpaired) electrons. The van der Waals surface area contributed by atoms with Crippen molar-refractivity contribution < 1.29 is 0 Å². The van der Waals surface area contributed by atoms with Crippen molar-refractivity contribution in [3.63, 3.8) is 0 Å². The van der Waals surface area contributed by atoms with Gasteiger partial charge in [0.1, 0.15) is 6.07 Å². The fraction of sp³-hybridized carbons (Fsp3) is 0.105. The molecular weight excluding hydrogens is 270 g/mol. The summed E-state index contributed by atoms with van der Waals surface area (Å²) in [6, 6.07) is 24.3. The molecular formula is C19H17N3. The fourth-order valence-electron chi connectivity index (χ4n) is 2.50. The number of hydrogen-bond acceptors (Lipinski definition) is 2. The van der Waals surface area contributed by atoms with Crippen LogP contribution in [0.25, 0.3) is 5.69 Å². The van der Waals surface area contributed by atoms with E-state index in [1.165, 1.54) is 5.56 Å². The summed E-state index contributed by atoms with van der Waals surface area (Å²) in [4.78, 5) is 0. The summed E-state index contributed by atoms with van der Waals surface area (Å²) in [5, 5.41) is 12.7. The van der Waals surface area contributed by atoms with Gasteiger partial charge < -0.3 is 9.88 Å². The maximum atomic E-state index is 9.25. The Kier molecular flexibility index (Phi) is 4.33. The normalized spacial score (nSPS) is 10.3. The molecule has 0 atom stereocenters. The number of hydrogen-bond donors (Lipinski definition) is 1. The average Bonchev–Trinajstić information content (AvgIpc) is 3.04. The van der Waals surface area contributed by atoms with E-state index in [4.69, 9.17) is 0 Å². The standard InChI is InChI=1S/C19H17N3/c20-13-17-9-4-5-11-19(17)22-12-6-10-18(22)15-21-14-16-7-2-1-3-8-16/h1-12,21H,14-15H2. The smallest absolute Gasteiger partial charge is 0.101 e. The van der Waals surface area contributed by atoms with Crippen LogP contribution in [-0.2, 0) is 13.1 Å². The molecule has 0 fully saturated rings. The second kappa shape index (κ2) is 6.75. The molecule has 0 saturated carbocycles. The topological polar surface area (TPSA) is 40.8 Å². The molecule has 0 amide bonds. The molecule has 108 valence electrons. The summed E-state index contributed by atoms with van der Waals surface area (Å²) in [6.45, 7) is 1.58. The molecule has 0 spiro atoms. The van der Waals surface area contributed by atoms with Gasteiger partial charge >= 0.3 is 0 Å². The van der Waals surface area contributed by atoms with Crippen molar-refractivity contribution in [1.82, 2.24) is 9.88 Å². The van der Waals surface area contributed by atoms with Crippen molar-refractivity contribution in [3.8, 4) is 11.8 Å². The quantitative estimate of drug-likeness (QED) is 0.778. The van der Waals surface area contributed by atoms with Crippen LogP contribution in [0.3, 0.4) is 0 Å². The molecule has 2 aromatic carbocycles. The molecule has 1 N–H and O–H groups in total. The SMILES string of the molecule is N#Cc1ccccc1-n1cccc1CNCc1ccccc1. The van der Waals surface area contributed by atoms with E-state index in [0.29, 0.717) is 5.56 Å². The second-order valence-electron chi connectivity index (χ2n) is 5.09. The molecule has 3 nitrogen and oxygen atoms in total. The molecule has 1 aromatic heterocycles. The number of benzene rings is 2. The zero-order chi connectivity index (χ0) is 15.2. The van der Waals surface area contributed by atoms with E-state index in [1.807, 2.05) is 54.7 Å². The Morgan fingerprint density at radius 1 is 0.864 bits per heavy atom. The fourth-order valence-corrected chi connectivity index (χ4v) is 2.50. The Morgan fingerprint density at radius 3 is 2.45 bits per heavy atom. The van der Waals surface area contributed by atoms with Crippen LogP contribution < -0.4 is 5.32 Å². The van der Waals surface area contributed by atoms with Crippen molar-refractivity contribution in [2.45, 2.75) is 13.1 Å². The highest BCUT2D eigenvalue weighted by atomic mass is 15.0. The van der Waals surface area contributed by atoms with Gasteiger partial charge in [-0.2, -0.15) is 5.26 Å². The van der Waals surface area contributed by atoms with E-state index in [-0.39, 0.29) is 0 Å². The highest BCUT2D eigenvalue weighted by molar-refractivity contribution is 5.49. The van der Waals surface area contributed by atoms with Gasteiger partial charge in [0.25, 0.3) is 0 Å². The van der Waals surface area contributed by atoms with Crippen molar-refractivity contribution >= 4 is 0 Å². The van der Waals surface area contributed by atoms with Gasteiger partial charge in [0.2, 0.25) is 0 Å². The first-order valence-corrected chi connectivity index (χ1v) is 7.29. The van der Waals surface area contributed by atoms with Crippen molar-refractivity contribution in [2.24, 2.45) is 0 Å². The molecule has 3 aromatic rings. The van der Waals surface area contributed by atoms with Gasteiger partial charge in [-0.25, -0.2) is 0 Å². The Hall–Kier alpha value is -2.83. The first-order valence-electron chi connectivity index (χ1n) is 7.29. The lowest BCUT2D eigenvalue weighted by atomic mass is 10.2. The molecule has 3 heteroatoms. The summed E-state index contributed by atoms with van der Waals surface area (Å²) in [6.07, 6.45) is 2.00. The third-order valence-corrected chi connectivity index (χ3v) is 3.60. The van der Waals surface area contributed by atoms with E-state index < -0.39 is 0 Å². The van der Waals surface area contributed by atoms with Gasteiger partial charge in [0.15, 0.2) is 0 Å². The largest absolute Gasteiger partial charge is 0.318 e. The number of nitrogens with zero attached hydrogens (tertiary/aromatic N) is 2. The molecule has 0 unspecified atom stereocenters. The van der Waals surface area contributed by atoms with E-state index >= 15 is 0 Å². The number of aromatic nitrogens is 1. The van der Waals surface area contributed by atoms with Gasteiger partial charge in [0.05, 0.1) is 11.3 Å². The Bertz CT molecular complexity index is 782. The zero-order valence-electron chi connectivity index (χ0n) is 12.2. The number of rotatable bonds is 5. The lowest BCUT2D eigenvalue weighted by Crippen LogP contribution is -2.15. The summed E-state index contributed by atoms with van der Waals surface area (Å²) in [5.41, 5.74) is 4.01. The highest BCUT2D eigenvalue weighted by Gasteiger charge is 2.07. The van der Waals surface area contributed by atoms with Crippen LogP contribution in [0.5, 0.6) is 0 Å². The van der Waals surface area contributed by atoms with Crippen LogP contribution >= 0.6 is 0 Å². The minimum Gasteiger partial charge on any atom is -0.318 e. The Balaban J connectivity index is 1.74. The molecule has 0 aliphatic carbocycles. The average molecular weight is 287 g/mol. The molecule has 0 aliphatic rings. The van der Waals surface area contributed by atoms with E-state index in [1.54, 1.807) is 0 Å². The zero-order valence-corrected chi connectivity index (χ0v) is 12.2. The van der Waals surface area contributed by atoms with Crippen molar-refractivity contribution in [2.75, 3.05) is 0 Å². The summed E-state index contributed by atoms with van der Waals surface area (Å²) in [7, 11) is 0. The van der Waals surface area contributed by atoms with E-state index in [9.17, 15) is 5.26 Å². The van der Waals surface area contributed by atoms with Crippen LogP contribution in [0.15, 0.2) is 72.9 Å². The first kappa shape index (κ1) is 14.1. The van der Waals surface area contributed by atoms with Gasteiger partial charge in [-0.3, -0.25) is 0 Å². The molecule has 22 heavy (non-hydrogen) atoms. The van der Waals surface area contributed by atoms with Gasteiger partial charge in [-0.05, 0) is 29.8 Å². The Labute approximate surface area is 130 Å². The van der Waals surface area contributed by atoms with Crippen LogP contribution in [0.4, 0.5) is 0 Å². The highest BCUT2D eigenvalue weighted by Crippen LogP contribution is 2.17. The second-order valence-corrected chi connectivity index (χ2v) is 5.09. The van der Waals surface area contributed by atoms with Crippen LogP contribution in [0, 0.1) is 11.3 Å². The van der Waals surface area contributed by atoms with Gasteiger partial charge in [-0.15, -0.1) is 0 Å². The van der Waals surface area contributed by atoms with Crippen LogP contribution in [-0.4, -0.2) is 4.57 Å². The maximum Gasteiger partial charge on any atom is 0.101 e. The number of nitriles is 1. The summed E-state index contributed by atoms with van der Waals surface area (Å²) >= 11 is 0. The minimum absolute atomic E-state index is 0.683. The molecule has 0 aliphatic heterocycles. The van der Waals surface area contributed by atoms with E-state index in [2.05, 4.69) is 34.2 Å². The molecule has 0 bridgehead atoms. The predicted molar refractivity (Wildman–Crippen MR) is 87.5 cm³/mol. The van der Waals surface area contributed by atoms with Crippen LogP contribution in [0.2, 0.25) is 0 Å². The number of nitrogens with one attached hydrogen (secondary N) is 1. The lowest BCUT2D eigenvalue weighted by molar-refractivity contribution is 0.669. The third-order valence-electron chi connectivity index (χ3n) is 3.60. The van der Waals surface area contributed by atoms with Crippen molar-refractivity contribution in [3.05, 3.63) is 89.7 Å². The van der Waals surface area contributed by atoms with E-state index in [0.717, 1.165) is 24.5 Å². The predicted octanol–water partition coefficient (Wildman–Crippen LogP) is 3.64.